The largest absolute Gasteiger partial charge is 0.493 e. The van der Waals surface area contributed by atoms with Gasteiger partial charge in [-0.3, -0.25) is 0 Å². The number of aliphatic hydroxyl groups is 1. The van der Waals surface area contributed by atoms with E-state index in [1.165, 1.54) is 12.0 Å². The Balaban J connectivity index is 1.62. The van der Waals surface area contributed by atoms with Crippen molar-refractivity contribution in [2.24, 2.45) is 0 Å². The van der Waals surface area contributed by atoms with E-state index in [1.54, 1.807) is 0 Å². The zero-order valence-corrected chi connectivity index (χ0v) is 18.0. The van der Waals surface area contributed by atoms with Gasteiger partial charge in [0.15, 0.2) is 0 Å². The Bertz CT molecular complexity index is 744. The lowest BCUT2D eigenvalue weighted by Gasteiger charge is -2.23. The van der Waals surface area contributed by atoms with Crippen molar-refractivity contribution in [1.29, 1.82) is 0 Å². The Morgan fingerprint density at radius 1 is 1.00 bits per heavy atom. The van der Waals surface area contributed by atoms with Gasteiger partial charge in [-0.25, -0.2) is 0 Å². The van der Waals surface area contributed by atoms with Gasteiger partial charge in [-0.15, -0.1) is 0 Å². The lowest BCUT2D eigenvalue weighted by atomic mass is 9.99. The first-order valence-electron chi connectivity index (χ1n) is 11.0. The molecule has 4 nitrogen and oxygen atoms in total. The number of unbranched alkanes of at least 4 members (excludes halogenated alkanes) is 1. The molecule has 2 aromatic rings. The molecule has 0 aromatic heterocycles. The number of hydrogen-bond donors (Lipinski definition) is 2. The van der Waals surface area contributed by atoms with Crippen molar-refractivity contribution in [2.45, 2.75) is 64.5 Å². The summed E-state index contributed by atoms with van der Waals surface area (Å²) < 4.78 is 11.8. The van der Waals surface area contributed by atoms with Crippen molar-refractivity contribution in [3.63, 3.8) is 0 Å². The van der Waals surface area contributed by atoms with Crippen LogP contribution in [0.25, 0.3) is 0 Å². The highest BCUT2D eigenvalue weighted by Crippen LogP contribution is 2.53. The summed E-state index contributed by atoms with van der Waals surface area (Å²) in [4.78, 5) is 0. The highest BCUT2D eigenvalue weighted by Gasteiger charge is 2.47. The average Bonchev–Trinajstić information content (AvgIpc) is 3.46. The first kappa shape index (κ1) is 21.7. The van der Waals surface area contributed by atoms with Crippen LogP contribution >= 0.6 is 0 Å². The van der Waals surface area contributed by atoms with E-state index in [0.717, 1.165) is 54.9 Å². The van der Waals surface area contributed by atoms with Gasteiger partial charge in [0.1, 0.15) is 11.5 Å². The molecule has 0 amide bonds. The predicted molar refractivity (Wildman–Crippen MR) is 118 cm³/mol. The van der Waals surface area contributed by atoms with E-state index in [0.29, 0.717) is 13.2 Å². The maximum Gasteiger partial charge on any atom is 0.129 e. The fourth-order valence-corrected chi connectivity index (χ4v) is 3.76. The molecule has 2 aromatic carbocycles. The molecule has 1 aliphatic carbocycles. The standard InChI is InChI=1S/C25H35NO3/c1-4-28-22-17-21(18-23(29-5-2)24(22)25(27)14-15-25)19(3)26-16-10-9-13-20-11-7-6-8-12-20/h6-8,11-12,17-19,26-27H,4-5,9-10,13-16H2,1-3H3. The van der Waals surface area contributed by atoms with Crippen LogP contribution in [-0.2, 0) is 12.0 Å². The van der Waals surface area contributed by atoms with Gasteiger partial charge in [0, 0.05) is 6.04 Å². The van der Waals surface area contributed by atoms with Crippen LogP contribution in [0.4, 0.5) is 0 Å². The van der Waals surface area contributed by atoms with Gasteiger partial charge >= 0.3 is 0 Å². The minimum absolute atomic E-state index is 0.188. The van der Waals surface area contributed by atoms with Crippen LogP contribution in [0, 0.1) is 0 Å². The summed E-state index contributed by atoms with van der Waals surface area (Å²) in [6, 6.07) is 15.0. The number of ether oxygens (including phenoxy) is 2. The van der Waals surface area contributed by atoms with Gasteiger partial charge in [-0.1, -0.05) is 30.3 Å². The number of nitrogens with one attached hydrogen (secondary N) is 1. The van der Waals surface area contributed by atoms with Crippen molar-refractivity contribution in [1.82, 2.24) is 5.32 Å². The molecule has 0 bridgehead atoms. The van der Waals surface area contributed by atoms with Gasteiger partial charge in [0.25, 0.3) is 0 Å². The minimum atomic E-state index is -0.790. The Labute approximate surface area is 175 Å². The second-order valence-corrected chi connectivity index (χ2v) is 7.91. The van der Waals surface area contributed by atoms with Gasteiger partial charge < -0.3 is 19.9 Å². The van der Waals surface area contributed by atoms with Crippen molar-refractivity contribution in [2.75, 3.05) is 19.8 Å². The summed E-state index contributed by atoms with van der Waals surface area (Å²) in [5, 5.41) is 14.4. The van der Waals surface area contributed by atoms with Gasteiger partial charge in [-0.05, 0) is 82.7 Å². The van der Waals surface area contributed by atoms with Crippen LogP contribution in [0.1, 0.15) is 69.2 Å². The summed E-state index contributed by atoms with van der Waals surface area (Å²) in [5.41, 5.74) is 2.56. The Morgan fingerprint density at radius 3 is 2.17 bits per heavy atom. The normalized spacial score (nSPS) is 15.7. The Morgan fingerprint density at radius 2 is 1.62 bits per heavy atom. The number of rotatable bonds is 12. The maximum atomic E-state index is 10.8. The molecule has 1 fully saturated rings. The molecule has 0 heterocycles. The van der Waals surface area contributed by atoms with Gasteiger partial charge in [-0.2, -0.15) is 0 Å². The minimum Gasteiger partial charge on any atom is -0.493 e. The average molecular weight is 398 g/mol. The summed E-state index contributed by atoms with van der Waals surface area (Å²) in [5.74, 6) is 1.51. The Hall–Kier alpha value is -2.04. The van der Waals surface area contributed by atoms with Gasteiger partial charge in [0.05, 0.1) is 24.4 Å². The van der Waals surface area contributed by atoms with Crippen molar-refractivity contribution in [3.05, 3.63) is 59.2 Å². The SMILES string of the molecule is CCOc1cc(C(C)NCCCCc2ccccc2)cc(OCC)c1C1(O)CC1. The predicted octanol–water partition coefficient (Wildman–Crippen LogP) is 5.14. The molecule has 0 saturated heterocycles. The summed E-state index contributed by atoms with van der Waals surface area (Å²) in [6.07, 6.45) is 4.95. The van der Waals surface area contributed by atoms with Crippen LogP contribution < -0.4 is 14.8 Å². The molecule has 3 rings (SSSR count). The van der Waals surface area contributed by atoms with Crippen molar-refractivity contribution >= 4 is 0 Å². The topological polar surface area (TPSA) is 50.7 Å². The van der Waals surface area contributed by atoms with E-state index in [4.69, 9.17) is 9.47 Å². The molecule has 1 atom stereocenters. The molecule has 1 unspecified atom stereocenters. The molecular weight excluding hydrogens is 362 g/mol. The highest BCUT2D eigenvalue weighted by atomic mass is 16.5. The quantitative estimate of drug-likeness (QED) is 0.487. The van der Waals surface area contributed by atoms with E-state index >= 15 is 0 Å². The number of hydrogen-bond acceptors (Lipinski definition) is 4. The van der Waals surface area contributed by atoms with Crippen molar-refractivity contribution < 1.29 is 14.6 Å². The molecule has 1 aliphatic rings. The van der Waals surface area contributed by atoms with E-state index < -0.39 is 5.60 Å². The lowest BCUT2D eigenvalue weighted by Crippen LogP contribution is -2.21. The van der Waals surface area contributed by atoms with E-state index in [-0.39, 0.29) is 6.04 Å². The van der Waals surface area contributed by atoms with Crippen LogP contribution in [0.15, 0.2) is 42.5 Å². The summed E-state index contributed by atoms with van der Waals surface area (Å²) >= 11 is 0. The number of aryl methyl sites for hydroxylation is 1. The molecule has 158 valence electrons. The second kappa shape index (κ2) is 10.1. The Kier molecular flexibility index (Phi) is 7.57. The van der Waals surface area contributed by atoms with E-state index in [1.807, 2.05) is 13.8 Å². The highest BCUT2D eigenvalue weighted by molar-refractivity contribution is 5.54. The fraction of sp³-hybridized carbons (Fsp3) is 0.520. The molecular formula is C25H35NO3. The molecule has 2 N–H and O–H groups in total. The molecule has 1 saturated carbocycles. The molecule has 0 radical (unpaired) electrons. The first-order valence-corrected chi connectivity index (χ1v) is 11.0. The maximum absolute atomic E-state index is 10.8. The third kappa shape index (κ3) is 5.74. The molecule has 0 aliphatic heterocycles. The molecule has 29 heavy (non-hydrogen) atoms. The van der Waals surface area contributed by atoms with Gasteiger partial charge in [0.2, 0.25) is 0 Å². The number of benzene rings is 2. The van der Waals surface area contributed by atoms with Crippen molar-refractivity contribution in [3.8, 4) is 11.5 Å². The zero-order valence-electron chi connectivity index (χ0n) is 18.0. The summed E-state index contributed by atoms with van der Waals surface area (Å²) in [6.45, 7) is 8.22. The third-order valence-electron chi connectivity index (χ3n) is 5.56. The van der Waals surface area contributed by atoms with Crippen LogP contribution in [-0.4, -0.2) is 24.9 Å². The van der Waals surface area contributed by atoms with Crippen LogP contribution in [0.3, 0.4) is 0 Å². The van der Waals surface area contributed by atoms with Crippen LogP contribution in [0.2, 0.25) is 0 Å². The fourth-order valence-electron chi connectivity index (χ4n) is 3.76. The van der Waals surface area contributed by atoms with Crippen LogP contribution in [0.5, 0.6) is 11.5 Å². The van der Waals surface area contributed by atoms with E-state index in [9.17, 15) is 5.11 Å². The third-order valence-corrected chi connectivity index (χ3v) is 5.56. The summed E-state index contributed by atoms with van der Waals surface area (Å²) in [7, 11) is 0. The monoisotopic (exact) mass is 397 g/mol. The first-order chi connectivity index (χ1) is 14.1. The zero-order chi connectivity index (χ0) is 20.7. The smallest absolute Gasteiger partial charge is 0.129 e. The molecule has 0 spiro atoms. The molecule has 4 heteroatoms. The lowest BCUT2D eigenvalue weighted by molar-refractivity contribution is 0.140. The van der Waals surface area contributed by atoms with E-state index in [2.05, 4.69) is 54.7 Å². The second-order valence-electron chi connectivity index (χ2n) is 7.91.